The van der Waals surface area contributed by atoms with E-state index in [1.54, 1.807) is 12.3 Å². The number of rotatable bonds is 6. The molecule has 0 atom stereocenters. The summed E-state index contributed by atoms with van der Waals surface area (Å²) in [4.78, 5) is 32.5. The van der Waals surface area contributed by atoms with Crippen molar-refractivity contribution in [1.29, 1.82) is 0 Å². The van der Waals surface area contributed by atoms with Gasteiger partial charge in [-0.15, -0.1) is 0 Å². The molecule has 1 aliphatic carbocycles. The number of imide groups is 1. The topological polar surface area (TPSA) is 108 Å². The van der Waals surface area contributed by atoms with E-state index in [9.17, 15) is 14.0 Å². The van der Waals surface area contributed by atoms with E-state index in [0.717, 1.165) is 11.3 Å². The number of aryl methyl sites for hydroxylation is 1. The van der Waals surface area contributed by atoms with Gasteiger partial charge < -0.3 is 20.1 Å². The fourth-order valence-corrected chi connectivity index (χ4v) is 3.75. The second-order valence-corrected chi connectivity index (χ2v) is 7.93. The Morgan fingerprint density at radius 2 is 1.86 bits per heavy atom. The zero-order valence-electron chi connectivity index (χ0n) is 20.2. The van der Waals surface area contributed by atoms with E-state index in [4.69, 9.17) is 9.84 Å². The van der Waals surface area contributed by atoms with Gasteiger partial charge in [0.2, 0.25) is 0 Å². The van der Waals surface area contributed by atoms with Crippen molar-refractivity contribution in [2.24, 2.45) is 0 Å². The number of aliphatic hydroxyl groups is 1. The number of aromatic amines is 1. The second kappa shape index (κ2) is 11.6. The molecular weight excluding hydrogens is 451 g/mol. The third-order valence-electron chi connectivity index (χ3n) is 5.53. The number of urea groups is 1. The van der Waals surface area contributed by atoms with Gasteiger partial charge in [-0.05, 0) is 49.6 Å². The van der Waals surface area contributed by atoms with Crippen molar-refractivity contribution in [1.82, 2.24) is 20.2 Å². The predicted octanol–water partition coefficient (Wildman–Crippen LogP) is 4.15. The summed E-state index contributed by atoms with van der Waals surface area (Å²) in [5.41, 5.74) is 1.08. The highest BCUT2D eigenvalue weighted by atomic mass is 19.1. The first-order chi connectivity index (χ1) is 16.9. The smallest absolute Gasteiger partial charge is 0.325 e. The Bertz CT molecular complexity index is 1130. The number of aliphatic hydroxyl groups excluding tert-OH is 1. The van der Waals surface area contributed by atoms with Gasteiger partial charge in [0.15, 0.2) is 0 Å². The third kappa shape index (κ3) is 5.86. The van der Waals surface area contributed by atoms with Crippen LogP contribution in [0.5, 0.6) is 5.75 Å². The standard InChI is InChI=1S/C16H15FN4O2.C8H10O2.C2H6/c1-9-2-3-10(11(17)6-9)12-7-18-14(20-12)16(4-5-16)21-13(22)8-19-15(21)23;9-6-7-10-8-4-2-1-3-5-8;1-2/h2-3,6-7H,4-5,8H2,1H3,(H,18,20)(H,19,23);1-5,9H,6-7H2;1-2H3. The fraction of sp³-hybridized carbons (Fsp3) is 0.346. The van der Waals surface area contributed by atoms with Crippen LogP contribution in [0.2, 0.25) is 0 Å². The van der Waals surface area contributed by atoms with Crippen LogP contribution in [0.3, 0.4) is 0 Å². The second-order valence-electron chi connectivity index (χ2n) is 7.93. The van der Waals surface area contributed by atoms with Gasteiger partial charge in [0.25, 0.3) is 5.91 Å². The lowest BCUT2D eigenvalue weighted by molar-refractivity contribution is -0.127. The van der Waals surface area contributed by atoms with Crippen LogP contribution in [-0.2, 0) is 10.3 Å². The van der Waals surface area contributed by atoms with Gasteiger partial charge in [0.1, 0.15) is 29.5 Å². The molecule has 0 spiro atoms. The van der Waals surface area contributed by atoms with Gasteiger partial charge in [-0.25, -0.2) is 19.1 Å². The Balaban J connectivity index is 0.000000240. The van der Waals surface area contributed by atoms with Crippen molar-refractivity contribution >= 4 is 11.9 Å². The highest BCUT2D eigenvalue weighted by Crippen LogP contribution is 2.50. The van der Waals surface area contributed by atoms with Gasteiger partial charge in [-0.2, -0.15) is 0 Å². The quantitative estimate of drug-likeness (QED) is 0.458. The van der Waals surface area contributed by atoms with Gasteiger partial charge in [0, 0.05) is 5.56 Å². The first-order valence-electron chi connectivity index (χ1n) is 11.7. The molecule has 0 bridgehead atoms. The molecule has 3 N–H and O–H groups in total. The van der Waals surface area contributed by atoms with Gasteiger partial charge in [0.05, 0.1) is 25.0 Å². The maximum atomic E-state index is 14.1. The molecule has 3 amide bonds. The average molecular weight is 483 g/mol. The molecule has 5 rings (SSSR count). The molecule has 9 heteroatoms. The molecule has 2 fully saturated rings. The number of aromatic nitrogens is 2. The zero-order valence-corrected chi connectivity index (χ0v) is 20.2. The number of H-pyrrole nitrogens is 1. The van der Waals surface area contributed by atoms with Crippen LogP contribution in [-0.4, -0.2) is 51.7 Å². The van der Waals surface area contributed by atoms with Crippen molar-refractivity contribution in [2.45, 2.75) is 39.2 Å². The summed E-state index contributed by atoms with van der Waals surface area (Å²) in [5.74, 6) is 0.737. The number of amides is 3. The summed E-state index contributed by atoms with van der Waals surface area (Å²) in [6.07, 6.45) is 2.87. The van der Waals surface area contributed by atoms with Crippen LogP contribution in [0.4, 0.5) is 9.18 Å². The highest BCUT2D eigenvalue weighted by molar-refractivity contribution is 6.03. The SMILES string of the molecule is CC.Cc1ccc(-c2cnc(C3(N4C(=O)CNC4=O)CC3)[nH]2)c(F)c1.OCCOc1ccccc1. The zero-order chi connectivity index (χ0) is 25.4. The number of para-hydroxylation sites is 1. The lowest BCUT2D eigenvalue weighted by atomic mass is 10.1. The minimum Gasteiger partial charge on any atom is -0.491 e. The Morgan fingerprint density at radius 1 is 1.14 bits per heavy atom. The van der Waals surface area contributed by atoms with E-state index in [1.807, 2.05) is 57.2 Å². The summed E-state index contributed by atoms with van der Waals surface area (Å²) in [6, 6.07) is 14.0. The molecule has 1 aliphatic heterocycles. The summed E-state index contributed by atoms with van der Waals surface area (Å²) in [5, 5.41) is 10.9. The molecule has 8 nitrogen and oxygen atoms in total. The van der Waals surface area contributed by atoms with Crippen LogP contribution in [0.25, 0.3) is 11.3 Å². The lowest BCUT2D eigenvalue weighted by Crippen LogP contribution is -2.41. The largest absolute Gasteiger partial charge is 0.491 e. The van der Waals surface area contributed by atoms with E-state index < -0.39 is 11.6 Å². The fourth-order valence-electron chi connectivity index (χ4n) is 3.75. The van der Waals surface area contributed by atoms with E-state index >= 15 is 0 Å². The Morgan fingerprint density at radius 3 is 2.43 bits per heavy atom. The van der Waals surface area contributed by atoms with Gasteiger partial charge >= 0.3 is 6.03 Å². The predicted molar refractivity (Wildman–Crippen MR) is 130 cm³/mol. The molecule has 35 heavy (non-hydrogen) atoms. The first kappa shape index (κ1) is 25.9. The van der Waals surface area contributed by atoms with Crippen molar-refractivity contribution in [2.75, 3.05) is 19.8 Å². The van der Waals surface area contributed by atoms with E-state index in [0.29, 0.717) is 36.5 Å². The maximum Gasteiger partial charge on any atom is 0.325 e. The van der Waals surface area contributed by atoms with Crippen LogP contribution in [0.1, 0.15) is 38.1 Å². The van der Waals surface area contributed by atoms with E-state index in [1.165, 1.54) is 11.0 Å². The number of benzene rings is 2. The number of carbonyl (C=O) groups excluding carboxylic acids is 2. The summed E-state index contributed by atoms with van der Waals surface area (Å²) < 4.78 is 19.2. The van der Waals surface area contributed by atoms with E-state index in [2.05, 4.69) is 15.3 Å². The molecule has 1 saturated heterocycles. The monoisotopic (exact) mass is 482 g/mol. The summed E-state index contributed by atoms with van der Waals surface area (Å²) in [7, 11) is 0. The normalized spacial score (nSPS) is 15.4. The molecule has 0 radical (unpaired) electrons. The average Bonchev–Trinajstić information content (AvgIpc) is 3.36. The van der Waals surface area contributed by atoms with Crippen LogP contribution >= 0.6 is 0 Å². The number of nitrogens with zero attached hydrogens (tertiary/aromatic N) is 2. The number of hydrogen-bond donors (Lipinski definition) is 3. The number of nitrogens with one attached hydrogen (secondary N) is 2. The number of imidazole rings is 1. The molecule has 0 unspecified atom stereocenters. The Kier molecular flexibility index (Phi) is 8.59. The molecular formula is C26H31FN4O4. The Hall–Kier alpha value is -3.72. The molecule has 2 aliphatic rings. The van der Waals surface area contributed by atoms with Crippen molar-refractivity contribution < 1.29 is 23.8 Å². The molecule has 2 aromatic carbocycles. The minimum absolute atomic E-state index is 0.0146. The maximum absolute atomic E-state index is 14.1. The van der Waals surface area contributed by atoms with Crippen LogP contribution in [0, 0.1) is 12.7 Å². The molecule has 2 heterocycles. The van der Waals surface area contributed by atoms with Crippen molar-refractivity contribution in [3.8, 4) is 17.0 Å². The first-order valence-corrected chi connectivity index (χ1v) is 11.7. The minimum atomic E-state index is -0.711. The molecule has 186 valence electrons. The van der Waals surface area contributed by atoms with Gasteiger partial charge in [-0.3, -0.25) is 4.79 Å². The highest BCUT2D eigenvalue weighted by Gasteiger charge is 2.58. The van der Waals surface area contributed by atoms with Gasteiger partial charge in [-0.1, -0.05) is 38.1 Å². The number of halogens is 1. The molecule has 1 saturated carbocycles. The molecule has 1 aromatic heterocycles. The number of ether oxygens (including phenoxy) is 1. The van der Waals surface area contributed by atoms with E-state index in [-0.39, 0.29) is 24.9 Å². The summed E-state index contributed by atoms with van der Waals surface area (Å²) in [6.45, 7) is 6.27. The van der Waals surface area contributed by atoms with Crippen LogP contribution in [0.15, 0.2) is 54.7 Å². The molecule has 3 aromatic rings. The number of hydrogen-bond acceptors (Lipinski definition) is 5. The van der Waals surface area contributed by atoms with Crippen molar-refractivity contribution in [3.05, 3.63) is 71.9 Å². The third-order valence-corrected chi connectivity index (χ3v) is 5.53. The van der Waals surface area contributed by atoms with Crippen LogP contribution < -0.4 is 10.1 Å². The lowest BCUT2D eigenvalue weighted by Gasteiger charge is -2.22. The number of carbonyl (C=O) groups is 2. The Labute approximate surface area is 204 Å². The summed E-state index contributed by atoms with van der Waals surface area (Å²) >= 11 is 0. The van der Waals surface area contributed by atoms with Crippen molar-refractivity contribution in [3.63, 3.8) is 0 Å².